The number of anilines is 1. The third kappa shape index (κ3) is 3.74. The molecule has 0 aliphatic carbocycles. The van der Waals surface area contributed by atoms with Gasteiger partial charge in [0, 0.05) is 15.9 Å². The van der Waals surface area contributed by atoms with E-state index in [0.717, 1.165) is 10.0 Å². The molecule has 0 fully saturated rings. The minimum absolute atomic E-state index is 0.197. The maximum Gasteiger partial charge on any atom is 0.242 e. The van der Waals surface area contributed by atoms with Gasteiger partial charge in [-0.25, -0.2) is 0 Å². The fourth-order valence-corrected chi connectivity index (χ4v) is 1.91. The molecule has 0 radical (unpaired) electrons. The largest absolute Gasteiger partial charge is 0.324 e. The molecule has 0 aromatic heterocycles. The van der Waals surface area contributed by atoms with Crippen LogP contribution in [0.1, 0.15) is 12.0 Å². The molecule has 1 aromatic carbocycles. The lowest BCUT2D eigenvalue weighted by Crippen LogP contribution is -2.35. The summed E-state index contributed by atoms with van der Waals surface area (Å²) < 4.78 is 0.751. The Balaban J connectivity index is 2.86. The Morgan fingerprint density at radius 2 is 2.35 bits per heavy atom. The molecule has 0 saturated heterocycles. The van der Waals surface area contributed by atoms with E-state index in [4.69, 9.17) is 23.8 Å². The maximum absolute atomic E-state index is 11.7. The first kappa shape index (κ1) is 14.0. The van der Waals surface area contributed by atoms with Crippen LogP contribution in [0, 0.1) is 19.3 Å². The summed E-state index contributed by atoms with van der Waals surface area (Å²) in [6.07, 6.45) is 5.29. The molecule has 0 aliphatic rings. The monoisotopic (exact) mass is 314 g/mol. The molecule has 0 spiro atoms. The highest BCUT2D eigenvalue weighted by atomic mass is 79.9. The summed E-state index contributed by atoms with van der Waals surface area (Å²) in [6.45, 7) is 1.88. The topological polar surface area (TPSA) is 55.1 Å². The fraction of sp³-hybridized carbons (Fsp3) is 0.250. The van der Waals surface area contributed by atoms with Gasteiger partial charge in [0.2, 0.25) is 5.91 Å². The lowest BCUT2D eigenvalue weighted by atomic mass is 10.2. The summed E-state index contributed by atoms with van der Waals surface area (Å²) in [5, 5.41) is 3.25. The second kappa shape index (κ2) is 6.06. The lowest BCUT2D eigenvalue weighted by Gasteiger charge is -2.12. The predicted molar refractivity (Wildman–Crippen MR) is 73.9 cm³/mol. The van der Waals surface area contributed by atoms with Gasteiger partial charge in [-0.3, -0.25) is 4.79 Å². The molecule has 0 aliphatic heterocycles. The zero-order valence-electron chi connectivity index (χ0n) is 9.26. The molecule has 17 heavy (non-hydrogen) atoms. The third-order valence-corrected chi connectivity index (χ3v) is 3.24. The van der Waals surface area contributed by atoms with Crippen molar-refractivity contribution >= 4 is 39.1 Å². The Labute approximate surface area is 114 Å². The Morgan fingerprint density at radius 3 is 2.94 bits per heavy atom. The van der Waals surface area contributed by atoms with Gasteiger partial charge in [0.25, 0.3) is 0 Å². The van der Waals surface area contributed by atoms with E-state index in [1.165, 1.54) is 0 Å². The minimum Gasteiger partial charge on any atom is -0.324 e. The molecule has 0 saturated carbocycles. The molecule has 5 heteroatoms. The molecule has 0 heterocycles. The van der Waals surface area contributed by atoms with E-state index in [1.54, 1.807) is 6.07 Å². The number of amides is 1. The van der Waals surface area contributed by atoms with E-state index in [-0.39, 0.29) is 12.3 Å². The van der Waals surface area contributed by atoms with Gasteiger partial charge in [0.1, 0.15) is 0 Å². The number of terminal acetylenes is 1. The first-order valence-corrected chi connectivity index (χ1v) is 6.08. The third-order valence-electron chi connectivity index (χ3n) is 2.18. The molecular formula is C12H12BrClN2O. The molecule has 1 atom stereocenters. The van der Waals surface area contributed by atoms with Crippen molar-refractivity contribution in [3.63, 3.8) is 0 Å². The van der Waals surface area contributed by atoms with Crippen LogP contribution in [-0.4, -0.2) is 11.9 Å². The summed E-state index contributed by atoms with van der Waals surface area (Å²) in [5.74, 6) is 2.02. The van der Waals surface area contributed by atoms with Crippen molar-refractivity contribution in [3.05, 3.63) is 27.2 Å². The molecule has 1 rings (SSSR count). The lowest BCUT2D eigenvalue weighted by molar-refractivity contribution is -0.117. The molecule has 90 valence electrons. The van der Waals surface area contributed by atoms with Gasteiger partial charge < -0.3 is 11.1 Å². The molecule has 1 aromatic rings. The molecule has 3 nitrogen and oxygen atoms in total. The van der Waals surface area contributed by atoms with Gasteiger partial charge in [-0.2, -0.15) is 0 Å². The number of carbonyl (C=O) groups excluding carboxylic acids is 1. The summed E-state index contributed by atoms with van der Waals surface area (Å²) in [6, 6.07) is 2.78. The summed E-state index contributed by atoms with van der Waals surface area (Å²) in [5.41, 5.74) is 7.09. The molecular weight excluding hydrogens is 304 g/mol. The normalized spacial score (nSPS) is 11.7. The first-order chi connectivity index (χ1) is 7.95. The average Bonchev–Trinajstić information content (AvgIpc) is 2.26. The number of hydrogen-bond donors (Lipinski definition) is 2. The van der Waals surface area contributed by atoms with Crippen LogP contribution in [0.5, 0.6) is 0 Å². The molecule has 1 amide bonds. The summed E-state index contributed by atoms with van der Waals surface area (Å²) in [7, 11) is 0. The van der Waals surface area contributed by atoms with Crippen molar-refractivity contribution in [2.24, 2.45) is 5.73 Å². The van der Waals surface area contributed by atoms with Crippen molar-refractivity contribution < 1.29 is 4.79 Å². The zero-order valence-corrected chi connectivity index (χ0v) is 11.6. The van der Waals surface area contributed by atoms with Gasteiger partial charge in [-0.15, -0.1) is 12.3 Å². The predicted octanol–water partition coefficient (Wildman–Crippen LogP) is 2.70. The van der Waals surface area contributed by atoms with Crippen molar-refractivity contribution in [2.45, 2.75) is 19.4 Å². The van der Waals surface area contributed by atoms with Crippen LogP contribution < -0.4 is 11.1 Å². The number of nitrogens with one attached hydrogen (secondary N) is 1. The van der Waals surface area contributed by atoms with E-state index >= 15 is 0 Å². The standard InChI is InChI=1S/C12H12BrClN2O/c1-3-4-10(15)12(17)16-11-6-9(14)7(2)5-8(11)13/h1,5-6,10H,4,15H2,2H3,(H,16,17). The minimum atomic E-state index is -0.716. The van der Waals surface area contributed by atoms with Gasteiger partial charge in [0.05, 0.1) is 11.7 Å². The van der Waals surface area contributed by atoms with Crippen LogP contribution in [0.2, 0.25) is 5.02 Å². The Kier molecular flexibility index (Phi) is 5.01. The number of aryl methyl sites for hydroxylation is 1. The second-order valence-electron chi connectivity index (χ2n) is 3.59. The van der Waals surface area contributed by atoms with Crippen molar-refractivity contribution in [1.82, 2.24) is 0 Å². The number of carbonyl (C=O) groups is 1. The number of rotatable bonds is 3. The Morgan fingerprint density at radius 1 is 1.71 bits per heavy atom. The highest BCUT2D eigenvalue weighted by Crippen LogP contribution is 2.29. The highest BCUT2D eigenvalue weighted by molar-refractivity contribution is 9.10. The van der Waals surface area contributed by atoms with Crippen LogP contribution in [0.3, 0.4) is 0 Å². The van der Waals surface area contributed by atoms with Crippen molar-refractivity contribution in [1.29, 1.82) is 0 Å². The number of nitrogens with two attached hydrogens (primary N) is 1. The SMILES string of the molecule is C#CCC(N)C(=O)Nc1cc(Cl)c(C)cc1Br. The van der Waals surface area contributed by atoms with E-state index in [2.05, 4.69) is 27.2 Å². The summed E-state index contributed by atoms with van der Waals surface area (Å²) >= 11 is 9.32. The van der Waals surface area contributed by atoms with E-state index in [0.29, 0.717) is 10.7 Å². The molecule has 1 unspecified atom stereocenters. The van der Waals surface area contributed by atoms with Crippen LogP contribution in [0.4, 0.5) is 5.69 Å². The zero-order chi connectivity index (χ0) is 13.0. The molecule has 3 N–H and O–H groups in total. The smallest absolute Gasteiger partial charge is 0.242 e. The van der Waals surface area contributed by atoms with E-state index in [1.807, 2.05) is 13.0 Å². The average molecular weight is 316 g/mol. The van der Waals surface area contributed by atoms with Gasteiger partial charge in [0.15, 0.2) is 0 Å². The second-order valence-corrected chi connectivity index (χ2v) is 4.85. The quantitative estimate of drug-likeness (QED) is 0.843. The van der Waals surface area contributed by atoms with Crippen molar-refractivity contribution in [3.8, 4) is 12.3 Å². The van der Waals surface area contributed by atoms with Crippen LogP contribution in [-0.2, 0) is 4.79 Å². The fourth-order valence-electron chi connectivity index (χ4n) is 1.19. The first-order valence-electron chi connectivity index (χ1n) is 4.91. The maximum atomic E-state index is 11.7. The molecule has 0 bridgehead atoms. The van der Waals surface area contributed by atoms with Crippen LogP contribution in [0.25, 0.3) is 0 Å². The van der Waals surface area contributed by atoms with E-state index in [9.17, 15) is 4.79 Å². The number of hydrogen-bond acceptors (Lipinski definition) is 2. The Hall–Kier alpha value is -1.02. The number of halogens is 2. The van der Waals surface area contributed by atoms with Gasteiger partial charge in [-0.05, 0) is 40.5 Å². The Bertz CT molecular complexity index is 482. The van der Waals surface area contributed by atoms with Crippen LogP contribution in [0.15, 0.2) is 16.6 Å². The number of benzene rings is 1. The summed E-state index contributed by atoms with van der Waals surface area (Å²) in [4.78, 5) is 11.7. The highest BCUT2D eigenvalue weighted by Gasteiger charge is 2.14. The van der Waals surface area contributed by atoms with E-state index < -0.39 is 6.04 Å². The van der Waals surface area contributed by atoms with Gasteiger partial charge in [-0.1, -0.05) is 11.6 Å². The van der Waals surface area contributed by atoms with Crippen molar-refractivity contribution in [2.75, 3.05) is 5.32 Å². The van der Waals surface area contributed by atoms with Crippen LogP contribution >= 0.6 is 27.5 Å². The van der Waals surface area contributed by atoms with Gasteiger partial charge >= 0.3 is 0 Å².